The Kier molecular flexibility index (Phi) is 7.41. The van der Waals surface area contributed by atoms with E-state index in [1.807, 2.05) is 67.6 Å². The first-order valence-electron chi connectivity index (χ1n) is 11.4. The van der Waals surface area contributed by atoms with E-state index in [2.05, 4.69) is 5.32 Å². The first kappa shape index (κ1) is 24.0. The highest BCUT2D eigenvalue weighted by Crippen LogP contribution is 2.39. The molecule has 35 heavy (non-hydrogen) atoms. The average Bonchev–Trinajstić information content (AvgIpc) is 3.30. The zero-order valence-corrected chi connectivity index (χ0v) is 20.4. The van der Waals surface area contributed by atoms with Gasteiger partial charge in [-0.15, -0.1) is 0 Å². The fourth-order valence-electron chi connectivity index (χ4n) is 4.06. The highest BCUT2D eigenvalue weighted by Gasteiger charge is 2.16. The lowest BCUT2D eigenvalue weighted by atomic mass is 9.99. The van der Waals surface area contributed by atoms with Crippen molar-refractivity contribution in [1.82, 2.24) is 5.32 Å². The summed E-state index contributed by atoms with van der Waals surface area (Å²) in [6.45, 7) is 2.46. The van der Waals surface area contributed by atoms with Crippen LogP contribution in [0, 0.1) is 0 Å². The Morgan fingerprint density at radius 3 is 2.37 bits per heavy atom. The van der Waals surface area contributed by atoms with Gasteiger partial charge in [-0.25, -0.2) is 0 Å². The molecule has 180 valence electrons. The summed E-state index contributed by atoms with van der Waals surface area (Å²) in [6, 6.07) is 19.6. The summed E-state index contributed by atoms with van der Waals surface area (Å²) in [7, 11) is 4.82. The van der Waals surface area contributed by atoms with E-state index in [9.17, 15) is 4.79 Å². The minimum atomic E-state index is -0.145. The zero-order chi connectivity index (χ0) is 24.8. The van der Waals surface area contributed by atoms with Crippen molar-refractivity contribution in [3.05, 3.63) is 84.1 Å². The Hall–Kier alpha value is -4.19. The van der Waals surface area contributed by atoms with Crippen LogP contribution in [0.25, 0.3) is 27.7 Å². The molecule has 4 aromatic rings. The van der Waals surface area contributed by atoms with Gasteiger partial charge in [-0.05, 0) is 48.2 Å². The van der Waals surface area contributed by atoms with Crippen molar-refractivity contribution < 1.29 is 23.4 Å². The number of rotatable bonds is 9. The second kappa shape index (κ2) is 10.8. The number of nitrogens with one attached hydrogen (secondary N) is 1. The van der Waals surface area contributed by atoms with Gasteiger partial charge in [-0.2, -0.15) is 0 Å². The Bertz CT molecular complexity index is 1350. The smallest absolute Gasteiger partial charge is 0.244 e. The molecule has 6 nitrogen and oxygen atoms in total. The van der Waals surface area contributed by atoms with Crippen molar-refractivity contribution in [3.63, 3.8) is 0 Å². The van der Waals surface area contributed by atoms with Gasteiger partial charge in [0.1, 0.15) is 11.3 Å². The lowest BCUT2D eigenvalue weighted by Gasteiger charge is -2.11. The van der Waals surface area contributed by atoms with Gasteiger partial charge in [0.25, 0.3) is 0 Å². The van der Waals surface area contributed by atoms with Gasteiger partial charge in [0.2, 0.25) is 5.91 Å². The monoisotopic (exact) mass is 471 g/mol. The van der Waals surface area contributed by atoms with E-state index in [-0.39, 0.29) is 5.91 Å². The molecule has 0 aliphatic rings. The summed E-state index contributed by atoms with van der Waals surface area (Å²) in [5.74, 6) is 1.78. The summed E-state index contributed by atoms with van der Waals surface area (Å²) >= 11 is 0. The van der Waals surface area contributed by atoms with E-state index >= 15 is 0 Å². The summed E-state index contributed by atoms with van der Waals surface area (Å²) < 4.78 is 22.3. The maximum atomic E-state index is 12.6. The van der Waals surface area contributed by atoms with Crippen molar-refractivity contribution in [2.24, 2.45) is 0 Å². The predicted octanol–water partition coefficient (Wildman–Crippen LogP) is 5.89. The van der Waals surface area contributed by atoms with Crippen molar-refractivity contribution >= 4 is 22.4 Å². The molecule has 1 heterocycles. The van der Waals surface area contributed by atoms with Gasteiger partial charge in [0.15, 0.2) is 11.5 Å². The number of fused-ring (bicyclic) bond motifs is 1. The number of carbonyl (C=O) groups excluding carboxylic acids is 1. The molecule has 0 saturated carbocycles. The van der Waals surface area contributed by atoms with Crippen LogP contribution in [0.5, 0.6) is 17.2 Å². The molecule has 0 aliphatic carbocycles. The number of hydrogen-bond donors (Lipinski definition) is 1. The van der Waals surface area contributed by atoms with E-state index < -0.39 is 0 Å². The topological polar surface area (TPSA) is 69.9 Å². The number of amides is 1. The van der Waals surface area contributed by atoms with Gasteiger partial charge in [-0.1, -0.05) is 36.4 Å². The van der Waals surface area contributed by atoms with E-state index in [0.29, 0.717) is 29.4 Å². The summed E-state index contributed by atoms with van der Waals surface area (Å²) in [5, 5.41) is 3.87. The van der Waals surface area contributed by atoms with Crippen LogP contribution in [-0.2, 0) is 11.2 Å². The molecule has 4 rings (SSSR count). The fourth-order valence-corrected chi connectivity index (χ4v) is 4.06. The summed E-state index contributed by atoms with van der Waals surface area (Å²) in [4.78, 5) is 12.6. The van der Waals surface area contributed by atoms with Crippen LogP contribution in [0.15, 0.2) is 77.4 Å². The van der Waals surface area contributed by atoms with Gasteiger partial charge < -0.3 is 23.9 Å². The quantitative estimate of drug-likeness (QED) is 0.308. The first-order valence-corrected chi connectivity index (χ1v) is 11.4. The van der Waals surface area contributed by atoms with E-state index in [1.54, 1.807) is 33.7 Å². The molecule has 0 unspecified atom stereocenters. The lowest BCUT2D eigenvalue weighted by Crippen LogP contribution is -2.23. The lowest BCUT2D eigenvalue weighted by molar-refractivity contribution is -0.116. The Balaban J connectivity index is 1.61. The molecular formula is C29H29NO5. The molecule has 1 aromatic heterocycles. The van der Waals surface area contributed by atoms with Crippen molar-refractivity contribution in [1.29, 1.82) is 0 Å². The Labute approximate surface area is 205 Å². The molecule has 0 radical (unpaired) electrons. The van der Waals surface area contributed by atoms with E-state index in [1.165, 1.54) is 5.56 Å². The Morgan fingerprint density at radius 1 is 0.914 bits per heavy atom. The van der Waals surface area contributed by atoms with Crippen molar-refractivity contribution in [3.8, 4) is 28.4 Å². The van der Waals surface area contributed by atoms with E-state index in [4.69, 9.17) is 18.6 Å². The van der Waals surface area contributed by atoms with E-state index in [0.717, 1.165) is 34.1 Å². The number of ether oxygens (including phenoxy) is 3. The SMILES string of the molecule is COc1ccc(-c2coc3cc(OC)c(/C(C)=C/C(=O)NCCc4ccccc4)cc23)cc1OC. The number of methoxy groups -OCH3 is 3. The molecular weight excluding hydrogens is 442 g/mol. The number of carbonyl (C=O) groups is 1. The molecule has 1 N–H and O–H groups in total. The zero-order valence-electron chi connectivity index (χ0n) is 20.4. The average molecular weight is 472 g/mol. The number of benzene rings is 3. The number of allylic oxidation sites excluding steroid dienone is 1. The highest BCUT2D eigenvalue weighted by atomic mass is 16.5. The number of hydrogen-bond acceptors (Lipinski definition) is 5. The minimum Gasteiger partial charge on any atom is -0.496 e. The molecule has 6 heteroatoms. The molecule has 0 fully saturated rings. The van der Waals surface area contributed by atoms with Gasteiger partial charge in [-0.3, -0.25) is 4.79 Å². The van der Waals surface area contributed by atoms with Crippen molar-refractivity contribution in [2.75, 3.05) is 27.9 Å². The number of furan rings is 1. The normalized spacial score (nSPS) is 11.4. The third-order valence-electron chi connectivity index (χ3n) is 5.92. The third-order valence-corrected chi connectivity index (χ3v) is 5.92. The van der Waals surface area contributed by atoms with Crippen LogP contribution >= 0.6 is 0 Å². The molecule has 0 saturated heterocycles. The molecule has 0 atom stereocenters. The Morgan fingerprint density at radius 2 is 1.66 bits per heavy atom. The molecule has 1 amide bonds. The van der Waals surface area contributed by atoms with Crippen LogP contribution in [0.4, 0.5) is 0 Å². The largest absolute Gasteiger partial charge is 0.496 e. The molecule has 0 spiro atoms. The maximum absolute atomic E-state index is 12.6. The van der Waals surface area contributed by atoms with Crippen LogP contribution in [0.2, 0.25) is 0 Å². The third kappa shape index (κ3) is 5.32. The first-order chi connectivity index (χ1) is 17.0. The summed E-state index contributed by atoms with van der Waals surface area (Å²) in [6.07, 6.45) is 4.09. The highest BCUT2D eigenvalue weighted by molar-refractivity contribution is 6.00. The van der Waals surface area contributed by atoms with Gasteiger partial charge in [0.05, 0.1) is 27.6 Å². The van der Waals surface area contributed by atoms with Crippen LogP contribution in [0.3, 0.4) is 0 Å². The fraction of sp³-hybridized carbons (Fsp3) is 0.207. The molecule has 0 bridgehead atoms. The minimum absolute atomic E-state index is 0.145. The van der Waals surface area contributed by atoms with Crippen LogP contribution in [-0.4, -0.2) is 33.8 Å². The predicted molar refractivity (Wildman–Crippen MR) is 138 cm³/mol. The van der Waals surface area contributed by atoms with Crippen LogP contribution in [0.1, 0.15) is 18.1 Å². The van der Waals surface area contributed by atoms with Crippen LogP contribution < -0.4 is 19.5 Å². The molecule has 3 aromatic carbocycles. The maximum Gasteiger partial charge on any atom is 0.244 e. The summed E-state index contributed by atoms with van der Waals surface area (Å²) in [5.41, 5.74) is 5.32. The van der Waals surface area contributed by atoms with Crippen molar-refractivity contribution in [2.45, 2.75) is 13.3 Å². The standard InChI is InChI=1S/C29H29NO5/c1-19(14-29(31)30-13-12-20-8-6-5-7-9-20)22-16-23-24(18-35-27(23)17-26(22)33-3)21-10-11-25(32-2)28(15-21)34-4/h5-11,14-18H,12-13H2,1-4H3,(H,30,31)/b19-14+. The van der Waals surface area contributed by atoms with Gasteiger partial charge in [0, 0.05) is 35.2 Å². The second-order valence-corrected chi connectivity index (χ2v) is 8.12. The van der Waals surface area contributed by atoms with Gasteiger partial charge >= 0.3 is 0 Å². The second-order valence-electron chi connectivity index (χ2n) is 8.12. The molecule has 0 aliphatic heterocycles.